The first kappa shape index (κ1) is 28.1. The third kappa shape index (κ3) is 7.70. The summed E-state index contributed by atoms with van der Waals surface area (Å²) in [5.74, 6) is -4.23. The van der Waals surface area contributed by atoms with E-state index in [1.165, 1.54) is 0 Å². The lowest BCUT2D eigenvalue weighted by Gasteiger charge is -2.32. The fraction of sp³-hybridized carbons (Fsp3) is 0.615. The van der Waals surface area contributed by atoms with Crippen LogP contribution in [-0.4, -0.2) is 56.0 Å². The molecule has 2 rings (SSSR count). The second-order valence-electron chi connectivity index (χ2n) is 9.22. The van der Waals surface area contributed by atoms with Gasteiger partial charge in [0.05, 0.1) is 31.9 Å². The quantitative estimate of drug-likeness (QED) is 0.288. The van der Waals surface area contributed by atoms with Crippen molar-refractivity contribution in [1.29, 1.82) is 0 Å². The number of ether oxygens (including phenoxy) is 4. The van der Waals surface area contributed by atoms with E-state index in [1.54, 1.807) is 37.8 Å². The molecule has 9 heteroatoms. The monoisotopic (exact) mass is 491 g/mol. The summed E-state index contributed by atoms with van der Waals surface area (Å²) in [6, 6.07) is 5.32. The molecule has 1 atom stereocenters. The Kier molecular flexibility index (Phi) is 10.1. The van der Waals surface area contributed by atoms with Gasteiger partial charge >= 0.3 is 24.0 Å². The lowest BCUT2D eigenvalue weighted by molar-refractivity contribution is -0.163. The Balaban J connectivity index is 2.50. The first-order chi connectivity index (χ1) is 16.5. The van der Waals surface area contributed by atoms with Crippen LogP contribution in [0, 0.1) is 5.92 Å². The number of fused-ring (bicyclic) bond motifs is 1. The first-order valence-electron chi connectivity index (χ1n) is 12.1. The van der Waals surface area contributed by atoms with Gasteiger partial charge in [-0.25, -0.2) is 4.79 Å². The van der Waals surface area contributed by atoms with E-state index in [1.807, 2.05) is 26.8 Å². The maximum Gasteiger partial charge on any atom is 0.414 e. The van der Waals surface area contributed by atoms with Crippen LogP contribution in [-0.2, 0) is 39.8 Å². The van der Waals surface area contributed by atoms with Crippen LogP contribution in [0.5, 0.6) is 0 Å². The smallest absolute Gasteiger partial charge is 0.414 e. The Bertz CT molecular complexity index is 902. The third-order valence-electron chi connectivity index (χ3n) is 5.44. The van der Waals surface area contributed by atoms with Gasteiger partial charge in [0, 0.05) is 12.5 Å². The minimum Gasteiger partial charge on any atom is -0.466 e. The van der Waals surface area contributed by atoms with Crippen molar-refractivity contribution in [1.82, 2.24) is 0 Å². The van der Waals surface area contributed by atoms with Crippen LogP contribution in [0.4, 0.5) is 10.5 Å². The van der Waals surface area contributed by atoms with Gasteiger partial charge in [-0.1, -0.05) is 12.1 Å². The molecule has 35 heavy (non-hydrogen) atoms. The standard InChI is InChI=1S/C26H37NO8/c1-7-32-21(28)16-19(22(23(29)33-8-2)24(30)34-9-3)17-12-13-20-18(15-17)11-10-14-27(20)25(31)35-26(4,5)6/h12-13,15,19,22H,7-11,14,16H2,1-6H3. The lowest BCUT2D eigenvalue weighted by atomic mass is 9.82. The Morgan fingerprint density at radius 3 is 2.09 bits per heavy atom. The molecule has 1 aliphatic heterocycles. The van der Waals surface area contributed by atoms with Crippen molar-refractivity contribution >= 4 is 29.7 Å². The SMILES string of the molecule is CCOC(=O)CC(c1ccc2c(c1)CCCN2C(=O)OC(C)(C)C)C(C(=O)OCC)C(=O)OCC. The molecule has 1 unspecified atom stereocenters. The fourth-order valence-corrected chi connectivity index (χ4v) is 4.07. The van der Waals surface area contributed by atoms with Gasteiger partial charge in [-0.15, -0.1) is 0 Å². The number of hydrogen-bond acceptors (Lipinski definition) is 8. The number of hydrogen-bond donors (Lipinski definition) is 0. The Morgan fingerprint density at radius 1 is 0.943 bits per heavy atom. The summed E-state index contributed by atoms with van der Waals surface area (Å²) in [6.45, 7) is 11.2. The maximum absolute atomic E-state index is 12.8. The number of carbonyl (C=O) groups excluding carboxylic acids is 4. The second-order valence-corrected chi connectivity index (χ2v) is 9.22. The zero-order chi connectivity index (χ0) is 26.2. The summed E-state index contributed by atoms with van der Waals surface area (Å²) < 4.78 is 21.0. The molecule has 0 saturated heterocycles. The number of nitrogens with zero attached hydrogens (tertiary/aromatic N) is 1. The van der Waals surface area contributed by atoms with Crippen molar-refractivity contribution < 1.29 is 38.1 Å². The summed E-state index contributed by atoms with van der Waals surface area (Å²) in [7, 11) is 0. The molecule has 0 spiro atoms. The molecule has 0 radical (unpaired) electrons. The van der Waals surface area contributed by atoms with Gasteiger partial charge in [-0.05, 0) is 71.6 Å². The van der Waals surface area contributed by atoms with Crippen LogP contribution in [0.25, 0.3) is 0 Å². The number of amides is 1. The third-order valence-corrected chi connectivity index (χ3v) is 5.44. The summed E-state index contributed by atoms with van der Waals surface area (Å²) in [4.78, 5) is 52.5. The zero-order valence-corrected chi connectivity index (χ0v) is 21.5. The van der Waals surface area contributed by atoms with Crippen molar-refractivity contribution in [2.24, 2.45) is 5.92 Å². The topological polar surface area (TPSA) is 108 Å². The first-order valence-corrected chi connectivity index (χ1v) is 12.1. The summed E-state index contributed by atoms with van der Waals surface area (Å²) >= 11 is 0. The molecule has 0 N–H and O–H groups in total. The Morgan fingerprint density at radius 2 is 1.54 bits per heavy atom. The molecule has 9 nitrogen and oxygen atoms in total. The van der Waals surface area contributed by atoms with Crippen LogP contribution in [0.1, 0.15) is 71.4 Å². The van der Waals surface area contributed by atoms with Crippen molar-refractivity contribution in [3.05, 3.63) is 29.3 Å². The molecular weight excluding hydrogens is 454 g/mol. The average molecular weight is 492 g/mol. The van der Waals surface area contributed by atoms with E-state index in [0.717, 1.165) is 12.0 Å². The molecule has 194 valence electrons. The number of carbonyl (C=O) groups is 4. The average Bonchev–Trinajstić information content (AvgIpc) is 2.77. The van der Waals surface area contributed by atoms with E-state index in [0.29, 0.717) is 24.2 Å². The second kappa shape index (κ2) is 12.6. The minimum absolute atomic E-state index is 0.0793. The number of anilines is 1. The highest BCUT2D eigenvalue weighted by Gasteiger charge is 2.40. The molecule has 1 aromatic rings. The van der Waals surface area contributed by atoms with Crippen molar-refractivity contribution in [2.45, 2.75) is 72.3 Å². The van der Waals surface area contributed by atoms with Crippen LogP contribution < -0.4 is 4.90 Å². The highest BCUT2D eigenvalue weighted by molar-refractivity contribution is 5.97. The van der Waals surface area contributed by atoms with Gasteiger partial charge in [0.2, 0.25) is 0 Å². The Hall–Kier alpha value is -3.10. The lowest BCUT2D eigenvalue weighted by Crippen LogP contribution is -2.40. The number of aryl methyl sites for hydroxylation is 1. The van der Waals surface area contributed by atoms with E-state index in [4.69, 9.17) is 18.9 Å². The van der Waals surface area contributed by atoms with Crippen LogP contribution in [0.15, 0.2) is 18.2 Å². The fourth-order valence-electron chi connectivity index (χ4n) is 4.07. The number of esters is 3. The minimum atomic E-state index is -1.33. The van der Waals surface area contributed by atoms with Gasteiger partial charge in [0.1, 0.15) is 5.60 Å². The summed E-state index contributed by atoms with van der Waals surface area (Å²) in [5, 5.41) is 0. The van der Waals surface area contributed by atoms with Gasteiger partial charge in [-0.3, -0.25) is 19.3 Å². The normalized spacial score (nSPS) is 14.1. The van der Waals surface area contributed by atoms with Gasteiger partial charge < -0.3 is 18.9 Å². The van der Waals surface area contributed by atoms with Gasteiger partial charge in [0.15, 0.2) is 5.92 Å². The number of rotatable bonds is 9. The largest absolute Gasteiger partial charge is 0.466 e. The van der Waals surface area contributed by atoms with Crippen LogP contribution in [0.3, 0.4) is 0 Å². The van der Waals surface area contributed by atoms with Crippen molar-refractivity contribution in [3.63, 3.8) is 0 Å². The van der Waals surface area contributed by atoms with E-state index < -0.39 is 41.4 Å². The van der Waals surface area contributed by atoms with Crippen molar-refractivity contribution in [2.75, 3.05) is 31.3 Å². The molecule has 1 aliphatic rings. The van der Waals surface area contributed by atoms with Crippen LogP contribution in [0.2, 0.25) is 0 Å². The molecule has 1 amide bonds. The Labute approximate surface area is 207 Å². The highest BCUT2D eigenvalue weighted by Crippen LogP contribution is 2.36. The molecule has 0 saturated carbocycles. The van der Waals surface area contributed by atoms with E-state index in [9.17, 15) is 19.2 Å². The molecule has 1 heterocycles. The number of benzene rings is 1. The van der Waals surface area contributed by atoms with Crippen LogP contribution >= 0.6 is 0 Å². The predicted molar refractivity (Wildman–Crippen MR) is 129 cm³/mol. The van der Waals surface area contributed by atoms with E-state index in [-0.39, 0.29) is 26.2 Å². The molecule has 0 aromatic heterocycles. The zero-order valence-electron chi connectivity index (χ0n) is 21.5. The maximum atomic E-state index is 12.8. The van der Waals surface area contributed by atoms with E-state index in [2.05, 4.69) is 0 Å². The molecule has 1 aromatic carbocycles. The summed E-state index contributed by atoms with van der Waals surface area (Å²) in [6.07, 6.45) is 0.769. The predicted octanol–water partition coefficient (Wildman–Crippen LogP) is 4.15. The van der Waals surface area contributed by atoms with Gasteiger partial charge in [0.25, 0.3) is 0 Å². The molecule has 0 fully saturated rings. The van der Waals surface area contributed by atoms with Gasteiger partial charge in [-0.2, -0.15) is 0 Å². The van der Waals surface area contributed by atoms with E-state index >= 15 is 0 Å². The molecular formula is C26H37NO8. The summed E-state index contributed by atoms with van der Waals surface area (Å²) in [5.41, 5.74) is 1.52. The van der Waals surface area contributed by atoms with Crippen molar-refractivity contribution in [3.8, 4) is 0 Å². The molecule has 0 bridgehead atoms. The highest BCUT2D eigenvalue weighted by atomic mass is 16.6. The molecule has 0 aliphatic carbocycles.